The van der Waals surface area contributed by atoms with Crippen LogP contribution in [-0.2, 0) is 9.59 Å². The molecule has 246 valence electrons. The molecule has 2 aromatic carbocycles. The van der Waals surface area contributed by atoms with E-state index in [0.717, 1.165) is 17.4 Å². The molecule has 3 heterocycles. The maximum Gasteiger partial charge on any atom is 0.236 e. The molecule has 5 rings (SSSR count). The minimum absolute atomic E-state index is 0.0341. The van der Waals surface area contributed by atoms with Gasteiger partial charge in [-0.3, -0.25) is 30.3 Å². The Labute approximate surface area is 274 Å². The number of nitrogen functional groups attached to an aromatic ring is 1. The quantitative estimate of drug-likeness (QED) is 0.151. The highest BCUT2D eigenvalue weighted by molar-refractivity contribution is 6.13. The Hall–Kier alpha value is -5.17. The van der Waals surface area contributed by atoms with Gasteiger partial charge in [0.25, 0.3) is 0 Å². The first-order chi connectivity index (χ1) is 22.7. The van der Waals surface area contributed by atoms with E-state index < -0.39 is 5.82 Å². The summed E-state index contributed by atoms with van der Waals surface area (Å²) in [6, 6.07) is 15.5. The van der Waals surface area contributed by atoms with Gasteiger partial charge in [0.05, 0.1) is 36.4 Å². The highest BCUT2D eigenvalue weighted by atomic mass is 19.1. The molecule has 0 unspecified atom stereocenters. The van der Waals surface area contributed by atoms with E-state index in [1.54, 1.807) is 30.1 Å². The van der Waals surface area contributed by atoms with Gasteiger partial charge in [-0.05, 0) is 74.5 Å². The topological polar surface area (TPSA) is 158 Å². The van der Waals surface area contributed by atoms with Gasteiger partial charge in [-0.2, -0.15) is 0 Å². The van der Waals surface area contributed by atoms with Crippen LogP contribution < -0.4 is 20.9 Å². The van der Waals surface area contributed by atoms with E-state index in [0.29, 0.717) is 69.2 Å². The molecule has 2 aliphatic heterocycles. The van der Waals surface area contributed by atoms with Crippen molar-refractivity contribution >= 4 is 46.8 Å². The lowest BCUT2D eigenvalue weighted by Crippen LogP contribution is -2.51. The number of piperazine rings is 1. The molecule has 0 bridgehead atoms. The van der Waals surface area contributed by atoms with Gasteiger partial charge in [-0.15, -0.1) is 0 Å². The van der Waals surface area contributed by atoms with Crippen molar-refractivity contribution in [3.05, 3.63) is 83.4 Å². The maximum absolute atomic E-state index is 13.7. The van der Waals surface area contributed by atoms with Crippen LogP contribution >= 0.6 is 0 Å². The zero-order chi connectivity index (χ0) is 33.5. The molecule has 3 aromatic rings. The van der Waals surface area contributed by atoms with Crippen LogP contribution in [0.3, 0.4) is 0 Å². The highest BCUT2D eigenvalue weighted by Crippen LogP contribution is 2.27. The molecule has 0 radical (unpaired) electrons. The Morgan fingerprint density at radius 3 is 2.49 bits per heavy atom. The van der Waals surface area contributed by atoms with Gasteiger partial charge in [-0.1, -0.05) is 0 Å². The Bertz CT molecular complexity index is 1640. The van der Waals surface area contributed by atoms with Crippen molar-refractivity contribution in [1.29, 1.82) is 10.8 Å². The second-order valence-corrected chi connectivity index (χ2v) is 11.6. The van der Waals surface area contributed by atoms with Crippen LogP contribution in [0, 0.1) is 22.6 Å². The summed E-state index contributed by atoms with van der Waals surface area (Å²) in [5, 5.41) is 19.4. The number of hydrogen-bond acceptors (Lipinski definition) is 8. The molecule has 2 aliphatic rings. The Morgan fingerprint density at radius 1 is 1.09 bits per heavy atom. The van der Waals surface area contributed by atoms with Gasteiger partial charge in [0.1, 0.15) is 5.82 Å². The number of aromatic nitrogens is 1. The third kappa shape index (κ3) is 7.80. The van der Waals surface area contributed by atoms with Crippen molar-refractivity contribution in [3.63, 3.8) is 0 Å². The number of likely N-dealkylation sites (tertiary alicyclic amines) is 1. The lowest BCUT2D eigenvalue weighted by atomic mass is 10.0. The molecule has 0 aliphatic carbocycles. The highest BCUT2D eigenvalue weighted by Gasteiger charge is 2.33. The van der Waals surface area contributed by atoms with Crippen molar-refractivity contribution in [3.8, 4) is 0 Å². The zero-order valence-electron chi connectivity index (χ0n) is 26.7. The molecule has 5 N–H and O–H groups in total. The minimum atomic E-state index is -0.491. The molecule has 2 saturated heterocycles. The van der Waals surface area contributed by atoms with E-state index in [1.165, 1.54) is 18.5 Å². The number of nitrogens with zero attached hydrogens (tertiary/aromatic N) is 6. The number of nitrogens with one attached hydrogen (secondary N) is 3. The van der Waals surface area contributed by atoms with E-state index in [1.807, 2.05) is 36.1 Å². The second kappa shape index (κ2) is 14.9. The molecule has 1 aromatic heterocycles. The van der Waals surface area contributed by atoms with Crippen molar-refractivity contribution in [2.45, 2.75) is 13.3 Å². The summed E-state index contributed by atoms with van der Waals surface area (Å²) in [7, 11) is 1.74. The van der Waals surface area contributed by atoms with Gasteiger partial charge in [0, 0.05) is 74.5 Å². The summed E-state index contributed by atoms with van der Waals surface area (Å²) in [5.41, 5.74) is 9.70. The SMILES string of the molecule is CCN(C(=O)[C@@H]1CCN(CC(=O)N2CCN(c3ccc(C(=N)/N=C\NC)cc3)CC2)C1)c1ccc(N)c(C(=N)c2ccc(F)cn2)c1. The Morgan fingerprint density at radius 2 is 1.83 bits per heavy atom. The number of rotatable bonds is 10. The number of halogens is 1. The molecule has 0 saturated carbocycles. The maximum atomic E-state index is 13.7. The molecular formula is C34H41FN10O2. The van der Waals surface area contributed by atoms with E-state index >= 15 is 0 Å². The largest absolute Gasteiger partial charge is 0.398 e. The standard InChI is InChI=1S/C34H41FN10O2/c1-3-45(27-9-10-29(36)28(18-27)32(37)30-11-6-25(35)19-40-30)34(47)24-12-13-42(20-24)21-31(46)44-16-14-43(15-17-44)26-7-4-23(5-8-26)33(38)41-22-39-2/h4-11,18-19,22,24,37H,3,12-17,20-21,36H2,1-2H3,(H2,38,39,41)/t24-/m1/s1. The summed E-state index contributed by atoms with van der Waals surface area (Å²) >= 11 is 0. The zero-order valence-corrected chi connectivity index (χ0v) is 26.7. The van der Waals surface area contributed by atoms with Crippen LogP contribution in [0.25, 0.3) is 0 Å². The van der Waals surface area contributed by atoms with Crippen molar-refractivity contribution in [2.75, 3.05) is 74.9 Å². The summed E-state index contributed by atoms with van der Waals surface area (Å²) in [6.07, 6.45) is 3.19. The van der Waals surface area contributed by atoms with E-state index in [9.17, 15) is 14.0 Å². The normalized spacial score (nSPS) is 16.8. The van der Waals surface area contributed by atoms with Crippen LogP contribution in [-0.4, -0.2) is 104 Å². The van der Waals surface area contributed by atoms with E-state index in [-0.39, 0.29) is 41.5 Å². The lowest BCUT2D eigenvalue weighted by molar-refractivity contribution is -0.132. The number of carbonyl (C=O) groups excluding carboxylic acids is 2. The summed E-state index contributed by atoms with van der Waals surface area (Å²) in [4.78, 5) is 42.8. The Balaban J connectivity index is 1.14. The van der Waals surface area contributed by atoms with Crippen LogP contribution in [0.15, 0.2) is 65.8 Å². The smallest absolute Gasteiger partial charge is 0.236 e. The molecular weight excluding hydrogens is 599 g/mol. The van der Waals surface area contributed by atoms with Crippen molar-refractivity contribution < 1.29 is 14.0 Å². The number of anilines is 3. The van der Waals surface area contributed by atoms with Crippen molar-refractivity contribution in [2.24, 2.45) is 10.9 Å². The molecule has 13 heteroatoms. The fourth-order valence-corrected chi connectivity index (χ4v) is 5.99. The van der Waals surface area contributed by atoms with Crippen LogP contribution in [0.2, 0.25) is 0 Å². The average Bonchev–Trinajstić information content (AvgIpc) is 3.56. The molecule has 2 amide bonds. The number of amides is 2. The predicted octanol–water partition coefficient (Wildman–Crippen LogP) is 2.82. The van der Waals surface area contributed by atoms with Gasteiger partial charge < -0.3 is 25.8 Å². The lowest BCUT2D eigenvalue weighted by Gasteiger charge is -2.36. The number of hydrogen-bond donors (Lipinski definition) is 4. The average molecular weight is 641 g/mol. The third-order valence-corrected chi connectivity index (χ3v) is 8.63. The molecule has 12 nitrogen and oxygen atoms in total. The number of carbonyl (C=O) groups is 2. The van der Waals surface area contributed by atoms with Crippen LogP contribution in [0.1, 0.15) is 30.2 Å². The van der Waals surface area contributed by atoms with E-state index in [2.05, 4.69) is 25.1 Å². The monoisotopic (exact) mass is 640 g/mol. The van der Waals surface area contributed by atoms with E-state index in [4.69, 9.17) is 16.6 Å². The van der Waals surface area contributed by atoms with Crippen LogP contribution in [0.5, 0.6) is 0 Å². The number of amidine groups is 1. The van der Waals surface area contributed by atoms with Gasteiger partial charge in [0.2, 0.25) is 11.8 Å². The first kappa shape index (κ1) is 33.2. The fourth-order valence-electron chi connectivity index (χ4n) is 5.99. The number of pyridine rings is 1. The first-order valence-corrected chi connectivity index (χ1v) is 15.7. The number of benzene rings is 2. The molecule has 2 fully saturated rings. The van der Waals surface area contributed by atoms with Gasteiger partial charge in [0.15, 0.2) is 5.84 Å². The molecule has 47 heavy (non-hydrogen) atoms. The number of aliphatic imine (C=N–C) groups is 1. The number of nitrogens with two attached hydrogens (primary N) is 1. The second-order valence-electron chi connectivity index (χ2n) is 11.6. The Kier molecular flexibility index (Phi) is 10.6. The van der Waals surface area contributed by atoms with Crippen LogP contribution in [0.4, 0.5) is 21.5 Å². The van der Waals surface area contributed by atoms with Gasteiger partial charge >= 0.3 is 0 Å². The summed E-state index contributed by atoms with van der Waals surface area (Å²) in [6.45, 7) is 6.42. The molecule has 1 atom stereocenters. The fraction of sp³-hybridized carbons (Fsp3) is 0.353. The molecule has 0 spiro atoms. The third-order valence-electron chi connectivity index (χ3n) is 8.63. The summed E-state index contributed by atoms with van der Waals surface area (Å²) in [5.74, 6) is -0.534. The van der Waals surface area contributed by atoms with Crippen molar-refractivity contribution in [1.82, 2.24) is 20.1 Å². The predicted molar refractivity (Wildman–Crippen MR) is 183 cm³/mol. The minimum Gasteiger partial charge on any atom is -0.398 e. The summed E-state index contributed by atoms with van der Waals surface area (Å²) < 4.78 is 13.4. The van der Waals surface area contributed by atoms with Gasteiger partial charge in [-0.25, -0.2) is 9.38 Å². The first-order valence-electron chi connectivity index (χ1n) is 15.7.